The van der Waals surface area contributed by atoms with Crippen molar-refractivity contribution in [2.45, 2.75) is 33.6 Å². The molecule has 1 heterocycles. The molecule has 0 aliphatic rings. The first-order chi connectivity index (χ1) is 6.69. The number of carbonyl (C=O) groups excluding carboxylic acids is 1. The number of aryl methyl sites for hydroxylation is 1. The summed E-state index contributed by atoms with van der Waals surface area (Å²) in [5, 5.41) is 0. The molecule has 0 unspecified atom stereocenters. The normalized spacial score (nSPS) is 10.6. The fourth-order valence-corrected chi connectivity index (χ4v) is 1.54. The van der Waals surface area contributed by atoms with Gasteiger partial charge in [0.25, 0.3) is 0 Å². The molecule has 1 aromatic rings. The second-order valence-electron chi connectivity index (χ2n) is 3.60. The summed E-state index contributed by atoms with van der Waals surface area (Å²) in [5.41, 5.74) is 1.70. The first-order valence-corrected chi connectivity index (χ1v) is 5.15. The van der Waals surface area contributed by atoms with E-state index >= 15 is 0 Å². The number of carbonyl (C=O) groups is 1. The molecule has 0 radical (unpaired) electrons. The first-order valence-electron chi connectivity index (χ1n) is 5.15. The Bertz CT molecular complexity index is 316. The van der Waals surface area contributed by atoms with Crippen molar-refractivity contribution < 1.29 is 4.79 Å². The summed E-state index contributed by atoms with van der Waals surface area (Å²) in [4.78, 5) is 16.0. The van der Waals surface area contributed by atoms with Gasteiger partial charge in [-0.05, 0) is 37.5 Å². The van der Waals surface area contributed by atoms with Crippen LogP contribution < -0.4 is 0 Å². The van der Waals surface area contributed by atoms with Crippen LogP contribution in [0.3, 0.4) is 0 Å². The molecule has 1 aromatic heterocycles. The summed E-state index contributed by atoms with van der Waals surface area (Å²) in [6.45, 7) is 6.06. The maximum Gasteiger partial charge on any atom is 0.184 e. The second-order valence-corrected chi connectivity index (χ2v) is 3.60. The molecule has 0 saturated heterocycles. The van der Waals surface area contributed by atoms with Crippen molar-refractivity contribution in [2.75, 3.05) is 0 Å². The number of pyridine rings is 1. The van der Waals surface area contributed by atoms with E-state index in [-0.39, 0.29) is 11.7 Å². The van der Waals surface area contributed by atoms with E-state index in [1.165, 1.54) is 0 Å². The summed E-state index contributed by atoms with van der Waals surface area (Å²) in [5.74, 6) is 0.308. The SMILES string of the molecule is CCC(CC)C(=O)c1cc(C)ccn1. The lowest BCUT2D eigenvalue weighted by molar-refractivity contribution is 0.0908. The maximum atomic E-state index is 11.9. The van der Waals surface area contributed by atoms with E-state index in [0.29, 0.717) is 5.69 Å². The Kier molecular flexibility index (Phi) is 3.81. The first kappa shape index (κ1) is 10.9. The van der Waals surface area contributed by atoms with Gasteiger partial charge < -0.3 is 0 Å². The van der Waals surface area contributed by atoms with E-state index in [4.69, 9.17) is 0 Å². The van der Waals surface area contributed by atoms with Crippen molar-refractivity contribution in [1.29, 1.82) is 0 Å². The molecular formula is C12H17NO. The van der Waals surface area contributed by atoms with Gasteiger partial charge in [-0.2, -0.15) is 0 Å². The van der Waals surface area contributed by atoms with Gasteiger partial charge in [0.15, 0.2) is 5.78 Å². The highest BCUT2D eigenvalue weighted by atomic mass is 16.1. The van der Waals surface area contributed by atoms with Crippen LogP contribution in [-0.4, -0.2) is 10.8 Å². The highest BCUT2D eigenvalue weighted by Crippen LogP contribution is 2.14. The lowest BCUT2D eigenvalue weighted by Crippen LogP contribution is -2.14. The molecule has 76 valence electrons. The van der Waals surface area contributed by atoms with Crippen LogP contribution in [0.15, 0.2) is 18.3 Å². The average molecular weight is 191 g/mol. The van der Waals surface area contributed by atoms with Crippen molar-refractivity contribution in [2.24, 2.45) is 5.92 Å². The summed E-state index contributed by atoms with van der Waals surface area (Å²) in [6, 6.07) is 3.77. The third-order valence-electron chi connectivity index (χ3n) is 2.52. The Labute approximate surface area is 85.4 Å². The summed E-state index contributed by atoms with van der Waals surface area (Å²) >= 11 is 0. The summed E-state index contributed by atoms with van der Waals surface area (Å²) in [6.07, 6.45) is 3.49. The molecule has 1 rings (SSSR count). The molecule has 0 spiro atoms. The Hall–Kier alpha value is -1.18. The van der Waals surface area contributed by atoms with Crippen molar-refractivity contribution in [3.63, 3.8) is 0 Å². The number of aromatic nitrogens is 1. The van der Waals surface area contributed by atoms with Gasteiger partial charge in [-0.1, -0.05) is 13.8 Å². The van der Waals surface area contributed by atoms with Crippen LogP contribution >= 0.6 is 0 Å². The van der Waals surface area contributed by atoms with Crippen LogP contribution in [0.5, 0.6) is 0 Å². The zero-order valence-corrected chi connectivity index (χ0v) is 9.08. The quantitative estimate of drug-likeness (QED) is 0.685. The Morgan fingerprint density at radius 2 is 2.07 bits per heavy atom. The molecule has 0 fully saturated rings. The largest absolute Gasteiger partial charge is 0.292 e. The smallest absolute Gasteiger partial charge is 0.184 e. The fourth-order valence-electron chi connectivity index (χ4n) is 1.54. The molecule has 2 nitrogen and oxygen atoms in total. The molecular weight excluding hydrogens is 174 g/mol. The minimum absolute atomic E-state index is 0.129. The van der Waals surface area contributed by atoms with E-state index < -0.39 is 0 Å². The maximum absolute atomic E-state index is 11.9. The Morgan fingerprint density at radius 1 is 1.43 bits per heavy atom. The average Bonchev–Trinajstić information content (AvgIpc) is 2.19. The second kappa shape index (κ2) is 4.89. The summed E-state index contributed by atoms with van der Waals surface area (Å²) in [7, 11) is 0. The third kappa shape index (κ3) is 2.41. The van der Waals surface area contributed by atoms with Gasteiger partial charge in [-0.25, -0.2) is 0 Å². The van der Waals surface area contributed by atoms with E-state index in [9.17, 15) is 4.79 Å². The van der Waals surface area contributed by atoms with Crippen LogP contribution in [0.4, 0.5) is 0 Å². The number of rotatable bonds is 4. The monoisotopic (exact) mass is 191 g/mol. The van der Waals surface area contributed by atoms with E-state index in [0.717, 1.165) is 18.4 Å². The van der Waals surface area contributed by atoms with Gasteiger partial charge in [0.2, 0.25) is 0 Å². The zero-order valence-electron chi connectivity index (χ0n) is 9.08. The molecule has 14 heavy (non-hydrogen) atoms. The predicted molar refractivity (Wildman–Crippen MR) is 57.4 cm³/mol. The number of ketones is 1. The predicted octanol–water partition coefficient (Wildman–Crippen LogP) is 3.01. The lowest BCUT2D eigenvalue weighted by Gasteiger charge is -2.10. The van der Waals surface area contributed by atoms with E-state index in [2.05, 4.69) is 4.98 Å². The van der Waals surface area contributed by atoms with Crippen LogP contribution in [-0.2, 0) is 0 Å². The van der Waals surface area contributed by atoms with Crippen molar-refractivity contribution in [3.8, 4) is 0 Å². The molecule has 0 aromatic carbocycles. The van der Waals surface area contributed by atoms with Crippen molar-refractivity contribution >= 4 is 5.78 Å². The molecule has 0 bridgehead atoms. The summed E-state index contributed by atoms with van der Waals surface area (Å²) < 4.78 is 0. The molecule has 0 saturated carbocycles. The van der Waals surface area contributed by atoms with Gasteiger partial charge in [-0.15, -0.1) is 0 Å². The minimum Gasteiger partial charge on any atom is -0.292 e. The van der Waals surface area contributed by atoms with Gasteiger partial charge >= 0.3 is 0 Å². The van der Waals surface area contributed by atoms with Gasteiger partial charge in [0, 0.05) is 12.1 Å². The topological polar surface area (TPSA) is 30.0 Å². The molecule has 0 atom stereocenters. The Morgan fingerprint density at radius 3 is 2.57 bits per heavy atom. The molecule has 0 aliphatic carbocycles. The van der Waals surface area contributed by atoms with Crippen molar-refractivity contribution in [3.05, 3.63) is 29.6 Å². The highest BCUT2D eigenvalue weighted by molar-refractivity contribution is 5.96. The van der Waals surface area contributed by atoms with Gasteiger partial charge in [-0.3, -0.25) is 9.78 Å². The van der Waals surface area contributed by atoms with Crippen LogP contribution in [0.25, 0.3) is 0 Å². The van der Waals surface area contributed by atoms with Crippen molar-refractivity contribution in [1.82, 2.24) is 4.98 Å². The molecule has 0 aliphatic heterocycles. The van der Waals surface area contributed by atoms with E-state index in [1.807, 2.05) is 32.9 Å². The van der Waals surface area contributed by atoms with Gasteiger partial charge in [0.05, 0.1) is 0 Å². The van der Waals surface area contributed by atoms with Crippen LogP contribution in [0, 0.1) is 12.8 Å². The Balaban J connectivity index is 2.88. The standard InChI is InChI=1S/C12H17NO/c1-4-10(5-2)12(14)11-8-9(3)6-7-13-11/h6-8,10H,4-5H2,1-3H3. The molecule has 2 heteroatoms. The van der Waals surface area contributed by atoms with E-state index in [1.54, 1.807) is 6.20 Å². The fraction of sp³-hybridized carbons (Fsp3) is 0.500. The minimum atomic E-state index is 0.129. The van der Waals surface area contributed by atoms with Crippen LogP contribution in [0.1, 0.15) is 42.7 Å². The zero-order chi connectivity index (χ0) is 10.6. The van der Waals surface area contributed by atoms with Gasteiger partial charge in [0.1, 0.15) is 5.69 Å². The molecule has 0 amide bonds. The number of nitrogens with zero attached hydrogens (tertiary/aromatic N) is 1. The molecule has 0 N–H and O–H groups in total. The third-order valence-corrected chi connectivity index (χ3v) is 2.52. The number of Topliss-reactive ketones (excluding diaryl/α,β-unsaturated/α-hetero) is 1. The number of hydrogen-bond donors (Lipinski definition) is 0. The number of hydrogen-bond acceptors (Lipinski definition) is 2. The van der Waals surface area contributed by atoms with Crippen LogP contribution in [0.2, 0.25) is 0 Å². The lowest BCUT2D eigenvalue weighted by atomic mass is 9.95. The highest BCUT2D eigenvalue weighted by Gasteiger charge is 2.17.